The van der Waals surface area contributed by atoms with Crippen molar-refractivity contribution >= 4 is 28.4 Å². The van der Waals surface area contributed by atoms with E-state index in [4.69, 9.17) is 19.4 Å². The molecule has 4 aliphatic rings. The molecular formula is C28H29F2N5O3. The number of aromatic nitrogens is 2. The maximum absolute atomic E-state index is 14.2. The molecule has 0 radical (unpaired) electrons. The van der Waals surface area contributed by atoms with Gasteiger partial charge in [0.25, 0.3) is 5.91 Å². The lowest BCUT2D eigenvalue weighted by Crippen LogP contribution is -2.67. The van der Waals surface area contributed by atoms with E-state index in [1.807, 2.05) is 21.9 Å². The molecule has 4 saturated heterocycles. The number of nitrogens with zero attached hydrogens (tertiary/aromatic N) is 5. The summed E-state index contributed by atoms with van der Waals surface area (Å²) in [4.78, 5) is 29.3. The molecule has 1 atom stereocenters. The van der Waals surface area contributed by atoms with Gasteiger partial charge in [-0.05, 0) is 37.1 Å². The van der Waals surface area contributed by atoms with Crippen molar-refractivity contribution in [3.63, 3.8) is 0 Å². The van der Waals surface area contributed by atoms with Crippen LogP contribution < -0.4 is 9.80 Å². The molecule has 1 aromatic heterocycles. The number of halogens is 2. The highest BCUT2D eigenvalue weighted by Gasteiger charge is 2.50. The van der Waals surface area contributed by atoms with Gasteiger partial charge in [-0.1, -0.05) is 0 Å². The number of likely N-dealkylation sites (tertiary alicyclic amines) is 1. The van der Waals surface area contributed by atoms with Crippen LogP contribution in [0, 0.1) is 17.0 Å². The van der Waals surface area contributed by atoms with Crippen molar-refractivity contribution in [3.8, 4) is 0 Å². The molecule has 1 unspecified atom stereocenters. The first-order valence-electron chi connectivity index (χ1n) is 13.2. The van der Waals surface area contributed by atoms with Gasteiger partial charge in [-0.2, -0.15) is 0 Å². The summed E-state index contributed by atoms with van der Waals surface area (Å²) in [6, 6.07) is 7.16. The van der Waals surface area contributed by atoms with Crippen LogP contribution in [0.3, 0.4) is 0 Å². The summed E-state index contributed by atoms with van der Waals surface area (Å²) in [5.41, 5.74) is 3.38. The number of fused-ring (bicyclic) bond motifs is 1. The topological polar surface area (TPSA) is 71.0 Å². The first-order valence-corrected chi connectivity index (χ1v) is 13.2. The number of hydrogen-bond donors (Lipinski definition) is 0. The second-order valence-electron chi connectivity index (χ2n) is 10.9. The van der Waals surface area contributed by atoms with Gasteiger partial charge in [0.05, 0.1) is 55.1 Å². The number of anilines is 2. The zero-order chi connectivity index (χ0) is 25.9. The zero-order valence-corrected chi connectivity index (χ0v) is 21.0. The number of morpholine rings is 1. The standard InChI is InChI=1S/C28H29F2N5O3/c29-19-10-20(30)12-21(11-19)35-3-1-2-24(35)22-8-18(27(36)34-14-28(15-34)16-38-17-28)9-23-26(22)32-25(13-31-23)33-4-6-37-7-5-33/h8-13,24H,1-7,14-17H2. The summed E-state index contributed by atoms with van der Waals surface area (Å²) in [6.45, 7) is 6.16. The largest absolute Gasteiger partial charge is 0.380 e. The van der Waals surface area contributed by atoms with E-state index in [1.165, 1.54) is 12.1 Å². The molecule has 198 valence electrons. The summed E-state index contributed by atoms with van der Waals surface area (Å²) in [6.07, 6.45) is 3.39. The van der Waals surface area contributed by atoms with E-state index in [-0.39, 0.29) is 17.4 Å². The number of carbonyl (C=O) groups is 1. The third-order valence-electron chi connectivity index (χ3n) is 8.19. The van der Waals surface area contributed by atoms with Crippen LogP contribution in [0.1, 0.15) is 34.8 Å². The molecule has 1 spiro atoms. The van der Waals surface area contributed by atoms with Crippen molar-refractivity contribution in [1.82, 2.24) is 14.9 Å². The predicted molar refractivity (Wildman–Crippen MR) is 137 cm³/mol. The second-order valence-corrected chi connectivity index (χ2v) is 10.9. The fourth-order valence-corrected chi connectivity index (χ4v) is 6.22. The molecule has 38 heavy (non-hydrogen) atoms. The number of ether oxygens (including phenoxy) is 2. The van der Waals surface area contributed by atoms with Gasteiger partial charge in [0.15, 0.2) is 0 Å². The number of rotatable bonds is 4. The van der Waals surface area contributed by atoms with Crippen LogP contribution in [0.25, 0.3) is 11.0 Å². The Kier molecular flexibility index (Phi) is 5.70. The third-order valence-corrected chi connectivity index (χ3v) is 8.19. The highest BCUT2D eigenvalue weighted by molar-refractivity contribution is 5.99. The molecule has 4 fully saturated rings. The summed E-state index contributed by atoms with van der Waals surface area (Å²) in [5, 5.41) is 0. The van der Waals surface area contributed by atoms with E-state index in [1.54, 1.807) is 6.20 Å². The summed E-state index contributed by atoms with van der Waals surface area (Å²) < 4.78 is 39.2. The van der Waals surface area contributed by atoms with Crippen molar-refractivity contribution in [3.05, 3.63) is 59.3 Å². The molecule has 8 nitrogen and oxygen atoms in total. The molecule has 4 aliphatic heterocycles. The fourth-order valence-electron chi connectivity index (χ4n) is 6.22. The van der Waals surface area contributed by atoms with Crippen LogP contribution in [-0.4, -0.2) is 79.9 Å². The highest BCUT2D eigenvalue weighted by Crippen LogP contribution is 2.41. The van der Waals surface area contributed by atoms with E-state index in [0.29, 0.717) is 68.3 Å². The Bertz CT molecular complexity index is 1380. The Hall–Kier alpha value is -3.37. The smallest absolute Gasteiger partial charge is 0.253 e. The molecule has 10 heteroatoms. The highest BCUT2D eigenvalue weighted by atomic mass is 19.1. The van der Waals surface area contributed by atoms with Crippen LogP contribution in [0.4, 0.5) is 20.3 Å². The maximum atomic E-state index is 14.2. The molecule has 0 aliphatic carbocycles. The van der Waals surface area contributed by atoms with Gasteiger partial charge in [0.2, 0.25) is 0 Å². The van der Waals surface area contributed by atoms with Gasteiger partial charge in [-0.25, -0.2) is 13.8 Å². The van der Waals surface area contributed by atoms with E-state index in [0.717, 1.165) is 43.4 Å². The normalized spacial score (nSPS) is 22.6. The minimum absolute atomic E-state index is 0.0360. The number of benzene rings is 2. The van der Waals surface area contributed by atoms with Crippen molar-refractivity contribution in [2.75, 3.05) is 69.0 Å². The van der Waals surface area contributed by atoms with Gasteiger partial charge in [-0.3, -0.25) is 9.78 Å². The minimum Gasteiger partial charge on any atom is -0.380 e. The minimum atomic E-state index is -0.611. The van der Waals surface area contributed by atoms with Crippen molar-refractivity contribution in [2.45, 2.75) is 18.9 Å². The summed E-state index contributed by atoms with van der Waals surface area (Å²) in [5.74, 6) is -0.496. The molecule has 2 aromatic carbocycles. The monoisotopic (exact) mass is 521 g/mol. The number of carbonyl (C=O) groups excluding carboxylic acids is 1. The SMILES string of the molecule is O=C(c1cc(C2CCCN2c2cc(F)cc(F)c2)c2nc(N3CCOCC3)cnc2c1)N1CC2(COC2)C1. The zero-order valence-electron chi connectivity index (χ0n) is 21.0. The van der Waals surface area contributed by atoms with Crippen LogP contribution in [0.5, 0.6) is 0 Å². The molecule has 7 rings (SSSR count). The van der Waals surface area contributed by atoms with Crippen LogP contribution in [-0.2, 0) is 9.47 Å². The van der Waals surface area contributed by atoms with E-state index < -0.39 is 11.6 Å². The second kappa shape index (κ2) is 9.13. The Morgan fingerprint density at radius 1 is 0.974 bits per heavy atom. The quantitative estimate of drug-likeness (QED) is 0.520. The van der Waals surface area contributed by atoms with Gasteiger partial charge in [0.1, 0.15) is 17.5 Å². The fraction of sp³-hybridized carbons (Fsp3) is 0.464. The Morgan fingerprint density at radius 2 is 1.74 bits per heavy atom. The van der Waals surface area contributed by atoms with Gasteiger partial charge < -0.3 is 24.2 Å². The number of hydrogen-bond acceptors (Lipinski definition) is 7. The lowest BCUT2D eigenvalue weighted by molar-refractivity contribution is -0.176. The van der Waals surface area contributed by atoms with Crippen molar-refractivity contribution < 1.29 is 23.0 Å². The lowest BCUT2D eigenvalue weighted by Gasteiger charge is -2.54. The van der Waals surface area contributed by atoms with Crippen LogP contribution >= 0.6 is 0 Å². The maximum Gasteiger partial charge on any atom is 0.253 e. The molecular weight excluding hydrogens is 492 g/mol. The Morgan fingerprint density at radius 3 is 2.45 bits per heavy atom. The lowest BCUT2D eigenvalue weighted by atomic mass is 9.77. The first kappa shape index (κ1) is 23.7. The predicted octanol–water partition coefficient (Wildman–Crippen LogP) is 3.56. The van der Waals surface area contributed by atoms with Crippen molar-refractivity contribution in [1.29, 1.82) is 0 Å². The van der Waals surface area contributed by atoms with Gasteiger partial charge in [0, 0.05) is 55.6 Å². The average molecular weight is 522 g/mol. The molecule has 0 bridgehead atoms. The Labute approximate surface area is 219 Å². The molecule has 0 saturated carbocycles. The summed E-state index contributed by atoms with van der Waals surface area (Å²) in [7, 11) is 0. The third kappa shape index (κ3) is 4.06. The Balaban J connectivity index is 1.30. The van der Waals surface area contributed by atoms with Crippen LogP contribution in [0.2, 0.25) is 0 Å². The van der Waals surface area contributed by atoms with Crippen molar-refractivity contribution in [2.24, 2.45) is 5.41 Å². The van der Waals surface area contributed by atoms with E-state index >= 15 is 0 Å². The summed E-state index contributed by atoms with van der Waals surface area (Å²) >= 11 is 0. The van der Waals surface area contributed by atoms with E-state index in [2.05, 4.69) is 4.90 Å². The first-order chi connectivity index (χ1) is 18.5. The molecule has 5 heterocycles. The van der Waals surface area contributed by atoms with E-state index in [9.17, 15) is 13.6 Å². The molecule has 1 amide bonds. The molecule has 3 aromatic rings. The van der Waals surface area contributed by atoms with Crippen LogP contribution in [0.15, 0.2) is 36.5 Å². The average Bonchev–Trinajstić information content (AvgIpc) is 3.36. The molecule has 0 N–H and O–H groups in total. The number of amides is 1. The van der Waals surface area contributed by atoms with Gasteiger partial charge in [-0.15, -0.1) is 0 Å². The van der Waals surface area contributed by atoms with Gasteiger partial charge >= 0.3 is 0 Å².